The third-order valence-corrected chi connectivity index (χ3v) is 4.28. The first-order chi connectivity index (χ1) is 8.64. The van der Waals surface area contributed by atoms with Gasteiger partial charge in [-0.15, -0.1) is 0 Å². The van der Waals surface area contributed by atoms with Crippen LogP contribution < -0.4 is 4.72 Å². The van der Waals surface area contributed by atoms with Crippen LogP contribution in [0.25, 0.3) is 11.1 Å². The Morgan fingerprint density at radius 3 is 2.83 bits per heavy atom. The van der Waals surface area contributed by atoms with Crippen molar-refractivity contribution in [3.63, 3.8) is 0 Å². The van der Waals surface area contributed by atoms with Crippen LogP contribution in [0.15, 0.2) is 42.7 Å². The SMILES string of the molecule is O=S1(=O)CCc2cc(-c3cccnc3)ccc2N1. The number of nitrogens with one attached hydrogen (secondary N) is 1. The average molecular weight is 260 g/mol. The number of nitrogens with zero attached hydrogens (tertiary/aromatic N) is 1. The quantitative estimate of drug-likeness (QED) is 0.853. The summed E-state index contributed by atoms with van der Waals surface area (Å²) in [6.07, 6.45) is 4.09. The zero-order valence-electron chi connectivity index (χ0n) is 9.63. The zero-order chi connectivity index (χ0) is 12.6. The molecule has 2 aromatic rings. The third kappa shape index (κ3) is 2.09. The van der Waals surface area contributed by atoms with Crippen LogP contribution in [0.4, 0.5) is 5.69 Å². The van der Waals surface area contributed by atoms with Crippen molar-refractivity contribution in [3.05, 3.63) is 48.3 Å². The lowest BCUT2D eigenvalue weighted by molar-refractivity contribution is 0.599. The molecular weight excluding hydrogens is 248 g/mol. The van der Waals surface area contributed by atoms with Crippen molar-refractivity contribution in [1.29, 1.82) is 0 Å². The summed E-state index contributed by atoms with van der Waals surface area (Å²) in [6.45, 7) is 0. The lowest BCUT2D eigenvalue weighted by atomic mass is 10.0. The highest BCUT2D eigenvalue weighted by atomic mass is 32.2. The minimum absolute atomic E-state index is 0.149. The first-order valence-corrected chi connectivity index (χ1v) is 7.33. The number of rotatable bonds is 1. The number of fused-ring (bicyclic) bond motifs is 1. The first kappa shape index (κ1) is 11.2. The third-order valence-electron chi connectivity index (χ3n) is 3.01. The summed E-state index contributed by atoms with van der Waals surface area (Å²) >= 11 is 0. The molecule has 3 rings (SSSR count). The summed E-state index contributed by atoms with van der Waals surface area (Å²) < 4.78 is 25.5. The summed E-state index contributed by atoms with van der Waals surface area (Å²) in [6, 6.07) is 9.62. The largest absolute Gasteiger partial charge is 0.283 e. The number of pyridine rings is 1. The van der Waals surface area contributed by atoms with E-state index in [1.54, 1.807) is 12.4 Å². The average Bonchev–Trinajstić information content (AvgIpc) is 2.38. The van der Waals surface area contributed by atoms with Crippen molar-refractivity contribution in [2.75, 3.05) is 10.5 Å². The topological polar surface area (TPSA) is 59.1 Å². The molecule has 92 valence electrons. The molecule has 1 aliphatic heterocycles. The lowest BCUT2D eigenvalue weighted by Gasteiger charge is -2.19. The number of sulfonamides is 1. The number of hydrogen-bond donors (Lipinski definition) is 1. The van der Waals surface area contributed by atoms with Gasteiger partial charge >= 0.3 is 0 Å². The predicted octanol–water partition coefficient (Wildman–Crippen LogP) is 2.05. The number of anilines is 1. The van der Waals surface area contributed by atoms with Crippen LogP contribution in [-0.2, 0) is 16.4 Å². The lowest BCUT2D eigenvalue weighted by Crippen LogP contribution is -2.23. The molecule has 0 aliphatic carbocycles. The van der Waals surface area contributed by atoms with Crippen LogP contribution in [0, 0.1) is 0 Å². The van der Waals surface area contributed by atoms with Crippen molar-refractivity contribution in [2.24, 2.45) is 0 Å². The van der Waals surface area contributed by atoms with Crippen molar-refractivity contribution in [2.45, 2.75) is 6.42 Å². The van der Waals surface area contributed by atoms with Crippen molar-refractivity contribution in [1.82, 2.24) is 4.98 Å². The maximum absolute atomic E-state index is 11.4. The molecule has 4 nitrogen and oxygen atoms in total. The molecule has 0 saturated carbocycles. The van der Waals surface area contributed by atoms with E-state index >= 15 is 0 Å². The number of aromatic nitrogens is 1. The molecule has 0 bridgehead atoms. The highest BCUT2D eigenvalue weighted by Gasteiger charge is 2.20. The van der Waals surface area contributed by atoms with Crippen LogP contribution in [-0.4, -0.2) is 19.2 Å². The summed E-state index contributed by atoms with van der Waals surface area (Å²) in [5.74, 6) is 0.149. The van der Waals surface area contributed by atoms with Gasteiger partial charge in [0.1, 0.15) is 0 Å². The van der Waals surface area contributed by atoms with Crippen LogP contribution in [0.5, 0.6) is 0 Å². The molecule has 0 unspecified atom stereocenters. The fourth-order valence-electron chi connectivity index (χ4n) is 2.08. The Hall–Kier alpha value is -1.88. The van der Waals surface area contributed by atoms with Crippen LogP contribution in [0.3, 0.4) is 0 Å². The maximum Gasteiger partial charge on any atom is 0.233 e. The molecule has 1 aliphatic rings. The molecule has 1 N–H and O–H groups in total. The number of benzene rings is 1. The van der Waals surface area contributed by atoms with Gasteiger partial charge in [0.15, 0.2) is 0 Å². The molecule has 1 aromatic heterocycles. The Balaban J connectivity index is 2.03. The molecule has 5 heteroatoms. The van der Waals surface area contributed by atoms with Gasteiger partial charge in [0.25, 0.3) is 0 Å². The highest BCUT2D eigenvalue weighted by molar-refractivity contribution is 7.92. The fraction of sp³-hybridized carbons (Fsp3) is 0.154. The second kappa shape index (κ2) is 4.10. The van der Waals surface area contributed by atoms with Gasteiger partial charge in [-0.2, -0.15) is 0 Å². The van der Waals surface area contributed by atoms with E-state index in [1.165, 1.54) is 0 Å². The van der Waals surface area contributed by atoms with Gasteiger partial charge < -0.3 is 0 Å². The van der Waals surface area contributed by atoms with E-state index in [-0.39, 0.29) is 5.75 Å². The van der Waals surface area contributed by atoms with Gasteiger partial charge in [0.2, 0.25) is 10.0 Å². The van der Waals surface area contributed by atoms with E-state index in [2.05, 4.69) is 9.71 Å². The summed E-state index contributed by atoms with van der Waals surface area (Å²) in [4.78, 5) is 4.08. The normalized spacial score (nSPS) is 16.7. The number of aryl methyl sites for hydroxylation is 1. The standard InChI is InChI=1S/C13H12N2O2S/c16-18(17)7-5-11-8-10(3-4-13(11)15-18)12-2-1-6-14-9-12/h1-4,6,8-9,15H,5,7H2. The van der Waals surface area contributed by atoms with Gasteiger partial charge in [-0.3, -0.25) is 9.71 Å². The maximum atomic E-state index is 11.4. The van der Waals surface area contributed by atoms with Crippen LogP contribution in [0.2, 0.25) is 0 Å². The van der Waals surface area contributed by atoms with Gasteiger partial charge in [-0.1, -0.05) is 12.1 Å². The first-order valence-electron chi connectivity index (χ1n) is 5.68. The molecule has 0 radical (unpaired) electrons. The van der Waals surface area contributed by atoms with Crippen molar-refractivity contribution < 1.29 is 8.42 Å². The van der Waals surface area contributed by atoms with Gasteiger partial charge in [0, 0.05) is 12.4 Å². The van der Waals surface area contributed by atoms with Crippen molar-refractivity contribution in [3.8, 4) is 11.1 Å². The van der Waals surface area contributed by atoms with E-state index in [4.69, 9.17) is 0 Å². The molecule has 0 saturated heterocycles. The molecular formula is C13H12N2O2S. The predicted molar refractivity (Wildman–Crippen MR) is 70.8 cm³/mol. The minimum Gasteiger partial charge on any atom is -0.283 e. The highest BCUT2D eigenvalue weighted by Crippen LogP contribution is 2.28. The Morgan fingerprint density at radius 1 is 1.17 bits per heavy atom. The van der Waals surface area contributed by atoms with Crippen molar-refractivity contribution >= 4 is 15.7 Å². The Kier molecular flexibility index (Phi) is 2.56. The Morgan fingerprint density at radius 2 is 2.06 bits per heavy atom. The van der Waals surface area contributed by atoms with E-state index in [0.717, 1.165) is 16.7 Å². The Bertz CT molecular complexity index is 681. The molecule has 18 heavy (non-hydrogen) atoms. The van der Waals surface area contributed by atoms with Crippen LogP contribution >= 0.6 is 0 Å². The molecule has 0 atom stereocenters. The summed E-state index contributed by atoms with van der Waals surface area (Å²) in [5, 5.41) is 0. The summed E-state index contributed by atoms with van der Waals surface area (Å²) in [7, 11) is -3.14. The van der Waals surface area contributed by atoms with E-state index in [9.17, 15) is 8.42 Å². The smallest absolute Gasteiger partial charge is 0.233 e. The molecule has 0 fully saturated rings. The molecule has 0 spiro atoms. The van der Waals surface area contributed by atoms with E-state index in [0.29, 0.717) is 12.1 Å². The van der Waals surface area contributed by atoms with Gasteiger partial charge in [0.05, 0.1) is 11.4 Å². The minimum atomic E-state index is -3.14. The zero-order valence-corrected chi connectivity index (χ0v) is 10.4. The van der Waals surface area contributed by atoms with E-state index < -0.39 is 10.0 Å². The van der Waals surface area contributed by atoms with E-state index in [1.807, 2.05) is 30.3 Å². The number of hydrogen-bond acceptors (Lipinski definition) is 3. The van der Waals surface area contributed by atoms with Gasteiger partial charge in [-0.05, 0) is 41.3 Å². The van der Waals surface area contributed by atoms with Crippen LogP contribution in [0.1, 0.15) is 5.56 Å². The van der Waals surface area contributed by atoms with Gasteiger partial charge in [-0.25, -0.2) is 8.42 Å². The Labute approximate surface area is 106 Å². The fourth-order valence-corrected chi connectivity index (χ4v) is 3.20. The second-order valence-electron chi connectivity index (χ2n) is 4.28. The summed E-state index contributed by atoms with van der Waals surface area (Å²) in [5.41, 5.74) is 3.82. The monoisotopic (exact) mass is 260 g/mol. The second-order valence-corrected chi connectivity index (χ2v) is 6.13. The molecule has 0 amide bonds. The molecule has 2 heterocycles. The molecule has 1 aromatic carbocycles.